The molecule has 2 atom stereocenters. The molecule has 1 N–H and O–H groups in total. The number of ether oxygens (including phenoxy) is 1. The molecule has 0 spiro atoms. The van der Waals surface area contributed by atoms with Crippen LogP contribution in [0.25, 0.3) is 11.0 Å². The summed E-state index contributed by atoms with van der Waals surface area (Å²) in [5, 5.41) is 5.28. The Kier molecular flexibility index (Phi) is 6.09. The Bertz CT molecular complexity index is 567. The third kappa shape index (κ3) is 4.22. The zero-order valence-electron chi connectivity index (χ0n) is 13.0. The quantitative estimate of drug-likeness (QED) is 0.760. The first-order valence-corrected chi connectivity index (χ1v) is 7.93. The van der Waals surface area contributed by atoms with Gasteiger partial charge in [0.1, 0.15) is 5.76 Å². The van der Waals surface area contributed by atoms with Crippen molar-refractivity contribution in [2.45, 2.75) is 32.7 Å². The summed E-state index contributed by atoms with van der Waals surface area (Å²) in [4.78, 5) is 0. The summed E-state index contributed by atoms with van der Waals surface area (Å²) >= 11 is 6.20. The van der Waals surface area contributed by atoms with Crippen LogP contribution in [0, 0.1) is 5.92 Å². The molecule has 2 unspecified atom stereocenters. The molecule has 2 rings (SSSR count). The molecule has 0 aliphatic rings. The number of hydrogen-bond acceptors (Lipinski definition) is 3. The third-order valence-electron chi connectivity index (χ3n) is 3.59. The van der Waals surface area contributed by atoms with Crippen molar-refractivity contribution in [3.63, 3.8) is 0 Å². The molecule has 0 saturated heterocycles. The molecule has 2 aromatic rings. The summed E-state index contributed by atoms with van der Waals surface area (Å²) in [7, 11) is 1.74. The van der Waals surface area contributed by atoms with E-state index in [-0.39, 0.29) is 6.04 Å². The lowest BCUT2D eigenvalue weighted by Gasteiger charge is -2.20. The number of fused-ring (bicyclic) bond motifs is 1. The average molecular weight is 310 g/mol. The monoisotopic (exact) mass is 309 g/mol. The van der Waals surface area contributed by atoms with E-state index in [1.807, 2.05) is 18.2 Å². The molecule has 1 aromatic heterocycles. The van der Waals surface area contributed by atoms with Crippen LogP contribution >= 0.6 is 11.6 Å². The van der Waals surface area contributed by atoms with Gasteiger partial charge in [0.25, 0.3) is 0 Å². The van der Waals surface area contributed by atoms with E-state index >= 15 is 0 Å². The highest BCUT2D eigenvalue weighted by molar-refractivity contribution is 6.34. The van der Waals surface area contributed by atoms with Gasteiger partial charge in [-0.05, 0) is 37.4 Å². The second kappa shape index (κ2) is 7.83. The summed E-state index contributed by atoms with van der Waals surface area (Å²) in [5.41, 5.74) is 0.775. The molecule has 0 aliphatic carbocycles. The molecule has 0 aliphatic heterocycles. The lowest BCUT2D eigenvalue weighted by atomic mass is 10.0. The molecule has 0 amide bonds. The molecular weight excluding hydrogens is 286 g/mol. The molecule has 1 aromatic carbocycles. The SMILES string of the molecule is CCCNC(CC(C)COC)c1cc2cccc(Cl)c2o1. The normalized spacial score (nSPS) is 14.5. The van der Waals surface area contributed by atoms with Crippen molar-refractivity contribution in [1.29, 1.82) is 0 Å². The molecule has 0 bridgehead atoms. The maximum absolute atomic E-state index is 6.20. The smallest absolute Gasteiger partial charge is 0.152 e. The van der Waals surface area contributed by atoms with Crippen LogP contribution in [0.4, 0.5) is 0 Å². The van der Waals surface area contributed by atoms with Crippen LogP contribution in [0.5, 0.6) is 0 Å². The van der Waals surface area contributed by atoms with Gasteiger partial charge in [-0.2, -0.15) is 0 Å². The average Bonchev–Trinajstić information content (AvgIpc) is 2.89. The topological polar surface area (TPSA) is 34.4 Å². The van der Waals surface area contributed by atoms with Crippen LogP contribution in [-0.4, -0.2) is 20.3 Å². The van der Waals surface area contributed by atoms with Gasteiger partial charge in [0.15, 0.2) is 5.58 Å². The number of benzene rings is 1. The van der Waals surface area contributed by atoms with E-state index in [1.165, 1.54) is 0 Å². The number of methoxy groups -OCH3 is 1. The minimum absolute atomic E-state index is 0.193. The lowest BCUT2D eigenvalue weighted by Crippen LogP contribution is -2.24. The van der Waals surface area contributed by atoms with Crippen LogP contribution in [0.2, 0.25) is 5.02 Å². The standard InChI is InChI=1S/C17H24ClNO2/c1-4-8-19-15(9-12(2)11-20-3)16-10-13-6-5-7-14(18)17(13)21-16/h5-7,10,12,15,19H,4,8-9,11H2,1-3H3. The highest BCUT2D eigenvalue weighted by Gasteiger charge is 2.19. The largest absolute Gasteiger partial charge is 0.458 e. The van der Waals surface area contributed by atoms with Crippen molar-refractivity contribution in [1.82, 2.24) is 5.32 Å². The van der Waals surface area contributed by atoms with E-state index in [1.54, 1.807) is 7.11 Å². The van der Waals surface area contributed by atoms with Gasteiger partial charge < -0.3 is 14.5 Å². The van der Waals surface area contributed by atoms with Gasteiger partial charge in [-0.25, -0.2) is 0 Å². The van der Waals surface area contributed by atoms with Gasteiger partial charge in [0.2, 0.25) is 0 Å². The van der Waals surface area contributed by atoms with E-state index in [4.69, 9.17) is 20.8 Å². The van der Waals surface area contributed by atoms with Crippen LogP contribution in [-0.2, 0) is 4.74 Å². The first-order chi connectivity index (χ1) is 10.2. The fraction of sp³-hybridized carbons (Fsp3) is 0.529. The predicted octanol–water partition coefficient (Wildman–Crippen LogP) is 4.80. The van der Waals surface area contributed by atoms with E-state index < -0.39 is 0 Å². The molecule has 116 valence electrons. The number of halogens is 1. The van der Waals surface area contributed by atoms with Gasteiger partial charge in [-0.1, -0.05) is 37.6 Å². The van der Waals surface area contributed by atoms with Crippen molar-refractivity contribution < 1.29 is 9.15 Å². The molecule has 21 heavy (non-hydrogen) atoms. The first-order valence-electron chi connectivity index (χ1n) is 7.56. The van der Waals surface area contributed by atoms with Crippen molar-refractivity contribution >= 4 is 22.6 Å². The van der Waals surface area contributed by atoms with Gasteiger partial charge in [0.05, 0.1) is 11.1 Å². The van der Waals surface area contributed by atoms with Crippen molar-refractivity contribution in [2.75, 3.05) is 20.3 Å². The highest BCUT2D eigenvalue weighted by Crippen LogP contribution is 2.31. The fourth-order valence-electron chi connectivity index (χ4n) is 2.59. The number of rotatable bonds is 8. The first kappa shape index (κ1) is 16.3. The summed E-state index contributed by atoms with van der Waals surface area (Å²) in [5.74, 6) is 1.42. The second-order valence-electron chi connectivity index (χ2n) is 5.61. The van der Waals surface area contributed by atoms with Crippen LogP contribution in [0.1, 0.15) is 38.5 Å². The molecule has 0 radical (unpaired) electrons. The lowest BCUT2D eigenvalue weighted by molar-refractivity contribution is 0.147. The summed E-state index contributed by atoms with van der Waals surface area (Å²) in [6, 6.07) is 8.13. The Morgan fingerprint density at radius 3 is 2.86 bits per heavy atom. The molecule has 0 fully saturated rings. The maximum atomic E-state index is 6.20. The van der Waals surface area contributed by atoms with Crippen LogP contribution < -0.4 is 5.32 Å². The van der Waals surface area contributed by atoms with Crippen LogP contribution in [0.3, 0.4) is 0 Å². The van der Waals surface area contributed by atoms with Gasteiger partial charge >= 0.3 is 0 Å². The fourth-order valence-corrected chi connectivity index (χ4v) is 2.81. The Labute approximate surface area is 131 Å². The highest BCUT2D eigenvalue weighted by atomic mass is 35.5. The Balaban J connectivity index is 2.22. The van der Waals surface area contributed by atoms with Gasteiger partial charge in [0, 0.05) is 19.1 Å². The van der Waals surface area contributed by atoms with E-state index in [0.717, 1.165) is 42.7 Å². The predicted molar refractivity (Wildman–Crippen MR) is 87.9 cm³/mol. The summed E-state index contributed by atoms with van der Waals surface area (Å²) < 4.78 is 11.2. The van der Waals surface area contributed by atoms with E-state index in [9.17, 15) is 0 Å². The molecule has 4 heteroatoms. The maximum Gasteiger partial charge on any atom is 0.152 e. The molecule has 1 heterocycles. The Morgan fingerprint density at radius 1 is 1.38 bits per heavy atom. The van der Waals surface area contributed by atoms with Crippen molar-refractivity contribution in [2.24, 2.45) is 5.92 Å². The van der Waals surface area contributed by atoms with Crippen molar-refractivity contribution in [3.8, 4) is 0 Å². The second-order valence-corrected chi connectivity index (χ2v) is 6.02. The molecular formula is C17H24ClNO2. The van der Waals surface area contributed by atoms with Crippen molar-refractivity contribution in [3.05, 3.63) is 35.0 Å². The summed E-state index contributed by atoms with van der Waals surface area (Å²) in [6.07, 6.45) is 2.07. The minimum Gasteiger partial charge on any atom is -0.458 e. The Morgan fingerprint density at radius 2 is 2.19 bits per heavy atom. The molecule has 3 nitrogen and oxygen atoms in total. The van der Waals surface area contributed by atoms with E-state index in [2.05, 4.69) is 25.2 Å². The van der Waals surface area contributed by atoms with Gasteiger partial charge in [-0.15, -0.1) is 0 Å². The van der Waals surface area contributed by atoms with Gasteiger partial charge in [-0.3, -0.25) is 0 Å². The minimum atomic E-state index is 0.193. The third-order valence-corrected chi connectivity index (χ3v) is 3.89. The summed E-state index contributed by atoms with van der Waals surface area (Å²) in [6.45, 7) is 6.08. The zero-order valence-corrected chi connectivity index (χ0v) is 13.7. The zero-order chi connectivity index (χ0) is 15.2. The van der Waals surface area contributed by atoms with E-state index in [0.29, 0.717) is 10.9 Å². The number of furan rings is 1. The van der Waals surface area contributed by atoms with Crippen LogP contribution in [0.15, 0.2) is 28.7 Å². The number of para-hydroxylation sites is 1. The molecule has 0 saturated carbocycles. The Hall–Kier alpha value is -1.03. The number of hydrogen-bond donors (Lipinski definition) is 1. The number of nitrogens with one attached hydrogen (secondary N) is 1.